The molecule has 6 nitrogen and oxygen atoms in total. The molecule has 0 radical (unpaired) electrons. The maximum absolute atomic E-state index is 13.2. The quantitative estimate of drug-likeness (QED) is 0.341. The number of para-hydroxylation sites is 2. The van der Waals surface area contributed by atoms with Gasteiger partial charge in [0.1, 0.15) is 11.3 Å². The van der Waals surface area contributed by atoms with Gasteiger partial charge >= 0.3 is 0 Å². The van der Waals surface area contributed by atoms with Gasteiger partial charge in [-0.15, -0.1) is 0 Å². The molecular weight excluding hydrogens is 434 g/mol. The number of likely N-dealkylation sites (tertiary alicyclic amines) is 1. The van der Waals surface area contributed by atoms with Gasteiger partial charge in [0, 0.05) is 17.9 Å². The first-order valence-electron chi connectivity index (χ1n) is 11.4. The molecule has 2 aromatic carbocycles. The van der Waals surface area contributed by atoms with Crippen molar-refractivity contribution in [2.24, 2.45) is 0 Å². The lowest BCUT2D eigenvalue weighted by atomic mass is 10.1. The van der Waals surface area contributed by atoms with Crippen LogP contribution in [-0.2, 0) is 5.75 Å². The third-order valence-electron chi connectivity index (χ3n) is 6.05. The number of aromatic nitrogens is 1. The van der Waals surface area contributed by atoms with Crippen LogP contribution in [0.1, 0.15) is 47.0 Å². The van der Waals surface area contributed by atoms with E-state index in [4.69, 9.17) is 8.83 Å². The van der Waals surface area contributed by atoms with Crippen molar-refractivity contribution in [1.29, 1.82) is 0 Å². The summed E-state index contributed by atoms with van der Waals surface area (Å²) in [7, 11) is 0. The smallest absolute Gasteiger partial charge is 0.257 e. The van der Waals surface area contributed by atoms with Crippen LogP contribution in [0.5, 0.6) is 0 Å². The highest BCUT2D eigenvalue weighted by Gasteiger charge is 2.25. The van der Waals surface area contributed by atoms with Gasteiger partial charge in [0.15, 0.2) is 5.58 Å². The fourth-order valence-electron chi connectivity index (χ4n) is 4.33. The lowest BCUT2D eigenvalue weighted by molar-refractivity contribution is 0.0913. The fraction of sp³-hybridized carbons (Fsp3) is 0.308. The molecule has 5 rings (SSSR count). The summed E-state index contributed by atoms with van der Waals surface area (Å²) in [6.45, 7) is 2.57. The van der Waals surface area contributed by atoms with E-state index in [2.05, 4.69) is 15.2 Å². The highest BCUT2D eigenvalue weighted by molar-refractivity contribution is 7.98. The van der Waals surface area contributed by atoms with Crippen molar-refractivity contribution in [2.75, 3.05) is 19.6 Å². The van der Waals surface area contributed by atoms with Gasteiger partial charge in [-0.3, -0.25) is 9.69 Å². The van der Waals surface area contributed by atoms with E-state index in [0.717, 1.165) is 35.5 Å². The Morgan fingerprint density at radius 3 is 2.67 bits per heavy atom. The number of benzene rings is 2. The SMILES string of the molecule is O=C(NCC(c1ccco1)N1CCCCC1)c1ccccc1CSc1nc2ccccc2o1. The number of hydrogen-bond acceptors (Lipinski definition) is 6. The number of fused-ring (bicyclic) bond motifs is 1. The fourth-order valence-corrected chi connectivity index (χ4v) is 5.17. The number of nitrogens with zero attached hydrogens (tertiary/aromatic N) is 2. The Labute approximate surface area is 197 Å². The summed E-state index contributed by atoms with van der Waals surface area (Å²) in [6.07, 6.45) is 5.33. The molecule has 1 N–H and O–H groups in total. The van der Waals surface area contributed by atoms with Gasteiger partial charge in [0.25, 0.3) is 11.1 Å². The van der Waals surface area contributed by atoms with Gasteiger partial charge in [-0.25, -0.2) is 4.98 Å². The van der Waals surface area contributed by atoms with Crippen LogP contribution < -0.4 is 5.32 Å². The number of hydrogen-bond donors (Lipinski definition) is 1. The van der Waals surface area contributed by atoms with Crippen molar-refractivity contribution in [2.45, 2.75) is 36.3 Å². The minimum absolute atomic E-state index is 0.0468. The molecule has 1 saturated heterocycles. The third-order valence-corrected chi connectivity index (χ3v) is 6.92. The number of carbonyl (C=O) groups excluding carboxylic acids is 1. The molecule has 2 aromatic heterocycles. The number of thioether (sulfide) groups is 1. The second-order valence-corrected chi connectivity index (χ2v) is 9.16. The van der Waals surface area contributed by atoms with Gasteiger partial charge in [0.05, 0.1) is 12.3 Å². The monoisotopic (exact) mass is 461 g/mol. The Bertz CT molecular complexity index is 1170. The molecule has 0 spiro atoms. The van der Waals surface area contributed by atoms with Gasteiger partial charge in [-0.1, -0.05) is 48.5 Å². The van der Waals surface area contributed by atoms with E-state index in [1.165, 1.54) is 31.0 Å². The Kier molecular flexibility index (Phi) is 6.79. The van der Waals surface area contributed by atoms with Gasteiger partial charge < -0.3 is 14.2 Å². The zero-order valence-corrected chi connectivity index (χ0v) is 19.2. The third kappa shape index (κ3) is 5.15. The van der Waals surface area contributed by atoms with E-state index in [0.29, 0.717) is 23.1 Å². The number of piperidine rings is 1. The number of oxazole rings is 1. The molecule has 170 valence electrons. The van der Waals surface area contributed by atoms with Gasteiger partial charge in [-0.2, -0.15) is 0 Å². The molecule has 7 heteroatoms. The molecule has 4 aromatic rings. The number of amides is 1. The van der Waals surface area contributed by atoms with Gasteiger partial charge in [0.2, 0.25) is 0 Å². The molecule has 33 heavy (non-hydrogen) atoms. The predicted molar refractivity (Wildman–Crippen MR) is 129 cm³/mol. The lowest BCUT2D eigenvalue weighted by Gasteiger charge is -2.33. The summed E-state index contributed by atoms with van der Waals surface area (Å²) in [5, 5.41) is 3.76. The maximum Gasteiger partial charge on any atom is 0.257 e. The van der Waals surface area contributed by atoms with Crippen LogP contribution >= 0.6 is 11.8 Å². The Balaban J connectivity index is 1.26. The van der Waals surface area contributed by atoms with Gasteiger partial charge in [-0.05, 0) is 61.8 Å². The zero-order chi connectivity index (χ0) is 22.5. The first-order valence-corrected chi connectivity index (χ1v) is 12.4. The number of carbonyl (C=O) groups is 1. The first-order chi connectivity index (χ1) is 16.3. The lowest BCUT2D eigenvalue weighted by Crippen LogP contribution is -2.40. The van der Waals surface area contributed by atoms with Crippen molar-refractivity contribution >= 4 is 28.8 Å². The van der Waals surface area contributed by atoms with Crippen LogP contribution in [-0.4, -0.2) is 35.4 Å². The molecule has 0 bridgehead atoms. The second kappa shape index (κ2) is 10.3. The van der Waals surface area contributed by atoms with E-state index in [1.54, 1.807) is 6.26 Å². The van der Waals surface area contributed by atoms with Crippen molar-refractivity contribution in [3.63, 3.8) is 0 Å². The maximum atomic E-state index is 13.2. The summed E-state index contributed by atoms with van der Waals surface area (Å²) < 4.78 is 11.5. The molecular formula is C26H27N3O3S. The summed E-state index contributed by atoms with van der Waals surface area (Å²) in [4.78, 5) is 20.1. The molecule has 1 aliphatic heterocycles. The topological polar surface area (TPSA) is 71.5 Å². The van der Waals surface area contributed by atoms with Crippen LogP contribution in [0.25, 0.3) is 11.1 Å². The first kappa shape index (κ1) is 21.8. The molecule has 0 saturated carbocycles. The zero-order valence-electron chi connectivity index (χ0n) is 18.4. The molecule has 1 fully saturated rings. The van der Waals surface area contributed by atoms with E-state index in [9.17, 15) is 4.79 Å². The van der Waals surface area contributed by atoms with Crippen molar-refractivity contribution in [3.05, 3.63) is 83.8 Å². The molecule has 1 unspecified atom stereocenters. The van der Waals surface area contributed by atoms with Crippen molar-refractivity contribution < 1.29 is 13.6 Å². The Morgan fingerprint density at radius 1 is 1.03 bits per heavy atom. The van der Waals surface area contributed by atoms with Crippen molar-refractivity contribution in [3.8, 4) is 0 Å². The average Bonchev–Trinajstić information content (AvgIpc) is 3.54. The molecule has 1 aliphatic rings. The molecule has 1 atom stereocenters. The number of furan rings is 1. The minimum atomic E-state index is -0.0719. The summed E-state index contributed by atoms with van der Waals surface area (Å²) in [6, 6.07) is 19.4. The van der Waals surface area contributed by atoms with Crippen LogP contribution in [0.3, 0.4) is 0 Å². The number of nitrogens with one attached hydrogen (secondary N) is 1. The normalized spacial score (nSPS) is 15.5. The molecule has 0 aliphatic carbocycles. The molecule has 3 heterocycles. The largest absolute Gasteiger partial charge is 0.468 e. The van der Waals surface area contributed by atoms with Crippen LogP contribution in [0.2, 0.25) is 0 Å². The van der Waals surface area contributed by atoms with E-state index >= 15 is 0 Å². The van der Waals surface area contributed by atoms with E-state index in [1.807, 2.05) is 60.7 Å². The second-order valence-electron chi connectivity index (χ2n) is 8.23. The highest BCUT2D eigenvalue weighted by atomic mass is 32.2. The van der Waals surface area contributed by atoms with E-state index < -0.39 is 0 Å². The van der Waals surface area contributed by atoms with E-state index in [-0.39, 0.29) is 11.9 Å². The minimum Gasteiger partial charge on any atom is -0.468 e. The van der Waals surface area contributed by atoms with Crippen LogP contribution in [0.4, 0.5) is 0 Å². The molecule has 1 amide bonds. The predicted octanol–water partition coefficient (Wildman–Crippen LogP) is 5.67. The van der Waals surface area contributed by atoms with Crippen LogP contribution in [0.15, 0.2) is 81.0 Å². The average molecular weight is 462 g/mol. The van der Waals surface area contributed by atoms with Crippen molar-refractivity contribution in [1.82, 2.24) is 15.2 Å². The summed E-state index contributed by atoms with van der Waals surface area (Å²) in [5.41, 5.74) is 3.24. The summed E-state index contributed by atoms with van der Waals surface area (Å²) >= 11 is 1.49. The Morgan fingerprint density at radius 2 is 1.85 bits per heavy atom. The van der Waals surface area contributed by atoms with Crippen LogP contribution in [0, 0.1) is 0 Å². The Hall–Kier alpha value is -3.03. The summed E-state index contributed by atoms with van der Waals surface area (Å²) in [5.74, 6) is 1.43. The standard InChI is InChI=1S/C26H27N3O3S/c30-25(27-17-22(24-13-8-16-31-24)29-14-6-1-7-15-29)20-10-3-2-9-19(20)18-33-26-28-21-11-4-5-12-23(21)32-26/h2-5,8-13,16,22H,1,6-7,14-15,17-18H2,(H,27,30). The number of rotatable bonds is 8. The highest BCUT2D eigenvalue weighted by Crippen LogP contribution is 2.28.